The van der Waals surface area contributed by atoms with E-state index in [1.165, 1.54) is 0 Å². The number of rotatable bonds is 8. The SMILES string of the molecule is [Li+].c1cnc2c(O[B-](Oc3cccc4cccnc34)(Oc3cccc4cccnc34)Oc3cccc4cccnc34)cccc2c1. The van der Waals surface area contributed by atoms with Gasteiger partial charge in [0.25, 0.3) is 0 Å². The molecule has 0 spiro atoms. The zero-order chi connectivity index (χ0) is 30.1. The third-order valence-corrected chi connectivity index (χ3v) is 7.47. The normalized spacial score (nSPS) is 11.3. The molecule has 0 radical (unpaired) electrons. The van der Waals surface area contributed by atoms with Gasteiger partial charge in [-0.15, -0.1) is 0 Å². The summed E-state index contributed by atoms with van der Waals surface area (Å²) in [5, 5.41) is 3.52. The third-order valence-electron chi connectivity index (χ3n) is 7.47. The second-order valence-electron chi connectivity index (χ2n) is 10.4. The molecule has 0 amide bonds. The molecule has 0 aliphatic rings. The van der Waals surface area contributed by atoms with E-state index in [4.69, 9.17) is 18.6 Å². The Morgan fingerprint density at radius 3 is 0.826 bits per heavy atom. The predicted molar refractivity (Wildman–Crippen MR) is 175 cm³/mol. The van der Waals surface area contributed by atoms with Crippen LogP contribution in [0.15, 0.2) is 146 Å². The van der Waals surface area contributed by atoms with Gasteiger partial charge in [-0.25, -0.2) is 0 Å². The molecule has 46 heavy (non-hydrogen) atoms. The van der Waals surface area contributed by atoms with Crippen molar-refractivity contribution in [3.8, 4) is 23.0 Å². The topological polar surface area (TPSA) is 88.5 Å². The van der Waals surface area contributed by atoms with Crippen molar-refractivity contribution in [2.45, 2.75) is 0 Å². The van der Waals surface area contributed by atoms with Crippen molar-refractivity contribution in [2.24, 2.45) is 0 Å². The van der Waals surface area contributed by atoms with Gasteiger partial charge in [0.1, 0.15) is 45.1 Å². The van der Waals surface area contributed by atoms with E-state index in [0.29, 0.717) is 45.1 Å². The number of benzene rings is 4. The summed E-state index contributed by atoms with van der Waals surface area (Å²) >= 11 is 0. The standard InChI is InChI=1S/C36H24BN4O4.Li/c1-9-25-13-5-21-38-33(25)29(17-1)42-37(43-30-18-2-10-26-14-6-22-39-34(26)30,44-31-19-3-11-27-15-7-23-40-35(27)31)45-32-20-4-12-28-16-8-24-41-36(28)32;/h1-24H;/q-1;+1. The Hall–Kier alpha value is -5.62. The van der Waals surface area contributed by atoms with Crippen LogP contribution in [0, 0.1) is 0 Å². The first-order valence-corrected chi connectivity index (χ1v) is 14.5. The summed E-state index contributed by atoms with van der Waals surface area (Å²) in [7, 11) is 0. The van der Waals surface area contributed by atoms with Crippen molar-refractivity contribution in [3.05, 3.63) is 146 Å². The number of para-hydroxylation sites is 4. The fourth-order valence-corrected chi connectivity index (χ4v) is 5.45. The van der Waals surface area contributed by atoms with Crippen LogP contribution in [0.3, 0.4) is 0 Å². The molecule has 8 nitrogen and oxygen atoms in total. The smallest absolute Gasteiger partial charge is 0.610 e. The number of fused-ring (bicyclic) bond motifs is 4. The van der Waals surface area contributed by atoms with Gasteiger partial charge in [0.2, 0.25) is 0 Å². The molecular formula is C36H24BLiN4O4. The molecule has 0 saturated carbocycles. The van der Waals surface area contributed by atoms with E-state index < -0.39 is 6.96 Å². The molecule has 216 valence electrons. The fourth-order valence-electron chi connectivity index (χ4n) is 5.45. The van der Waals surface area contributed by atoms with Gasteiger partial charge in [-0.3, -0.25) is 19.9 Å². The summed E-state index contributed by atoms with van der Waals surface area (Å²) in [4.78, 5) is 18.5. The van der Waals surface area contributed by atoms with E-state index in [9.17, 15) is 0 Å². The summed E-state index contributed by atoms with van der Waals surface area (Å²) < 4.78 is 27.3. The number of hydrogen-bond donors (Lipinski definition) is 0. The van der Waals surface area contributed by atoms with Gasteiger partial charge in [-0.1, -0.05) is 72.8 Å². The Labute approximate surface area is 276 Å². The van der Waals surface area contributed by atoms with Gasteiger partial charge in [0.05, 0.1) is 0 Å². The van der Waals surface area contributed by atoms with Crippen LogP contribution in [0.2, 0.25) is 0 Å². The Kier molecular flexibility index (Phi) is 7.85. The first-order valence-electron chi connectivity index (χ1n) is 14.5. The van der Waals surface area contributed by atoms with Gasteiger partial charge in [-0.2, -0.15) is 0 Å². The summed E-state index contributed by atoms with van der Waals surface area (Å²) in [6.45, 7) is -3.21. The van der Waals surface area contributed by atoms with E-state index in [0.717, 1.165) is 21.5 Å². The van der Waals surface area contributed by atoms with E-state index in [2.05, 4.69) is 19.9 Å². The zero-order valence-electron chi connectivity index (χ0n) is 24.9. The number of pyridine rings is 4. The molecule has 8 aromatic rings. The molecule has 0 N–H and O–H groups in total. The second-order valence-corrected chi connectivity index (χ2v) is 10.4. The van der Waals surface area contributed by atoms with Crippen LogP contribution in [0.25, 0.3) is 43.6 Å². The molecule has 0 unspecified atom stereocenters. The predicted octanol–water partition coefficient (Wildman–Crippen LogP) is 4.93. The van der Waals surface area contributed by atoms with Gasteiger partial charge >= 0.3 is 25.8 Å². The minimum absolute atomic E-state index is 0. The molecule has 4 heterocycles. The van der Waals surface area contributed by atoms with Crippen molar-refractivity contribution >= 4 is 50.6 Å². The van der Waals surface area contributed by atoms with E-state index in [1.54, 1.807) is 24.8 Å². The van der Waals surface area contributed by atoms with Crippen LogP contribution in [0.5, 0.6) is 23.0 Å². The molecule has 4 aromatic heterocycles. The molecule has 10 heteroatoms. The summed E-state index contributed by atoms with van der Waals surface area (Å²) in [6, 6.07) is 38.0. The zero-order valence-corrected chi connectivity index (χ0v) is 24.9. The largest absolute Gasteiger partial charge is 1.00 e. The molecule has 0 saturated heterocycles. The van der Waals surface area contributed by atoms with Crippen LogP contribution >= 0.6 is 0 Å². The Bertz CT molecular complexity index is 1990. The molecule has 0 aliphatic heterocycles. The monoisotopic (exact) mass is 594 g/mol. The van der Waals surface area contributed by atoms with Crippen LogP contribution in [-0.2, 0) is 0 Å². The Morgan fingerprint density at radius 1 is 0.326 bits per heavy atom. The van der Waals surface area contributed by atoms with Crippen molar-refractivity contribution in [2.75, 3.05) is 0 Å². The molecule has 8 rings (SSSR count). The average molecular weight is 594 g/mol. The quantitative estimate of drug-likeness (QED) is 0.229. The summed E-state index contributed by atoms with van der Waals surface area (Å²) in [6.07, 6.45) is 6.85. The van der Waals surface area contributed by atoms with E-state index in [-0.39, 0.29) is 18.9 Å². The van der Waals surface area contributed by atoms with Crippen LogP contribution in [0.4, 0.5) is 0 Å². The number of hydrogen-bond acceptors (Lipinski definition) is 8. The fraction of sp³-hybridized carbons (Fsp3) is 0. The number of aromatic nitrogens is 4. The second kappa shape index (κ2) is 12.4. The maximum Gasteiger partial charge on any atom is 1.00 e. The van der Waals surface area contributed by atoms with Crippen molar-refractivity contribution < 1.29 is 37.5 Å². The first-order chi connectivity index (χ1) is 22.2. The first kappa shape index (κ1) is 29.1. The van der Waals surface area contributed by atoms with Crippen molar-refractivity contribution in [1.29, 1.82) is 0 Å². The minimum Gasteiger partial charge on any atom is -0.610 e. The number of nitrogens with zero attached hydrogens (tertiary/aromatic N) is 4. The average Bonchev–Trinajstić information content (AvgIpc) is 3.09. The maximum absolute atomic E-state index is 6.82. The van der Waals surface area contributed by atoms with Gasteiger partial charge < -0.3 is 18.6 Å². The van der Waals surface area contributed by atoms with Crippen LogP contribution in [-0.4, -0.2) is 26.9 Å². The molecule has 0 aliphatic carbocycles. The van der Waals surface area contributed by atoms with Crippen LogP contribution < -0.4 is 37.5 Å². The van der Waals surface area contributed by atoms with Gasteiger partial charge in [0.15, 0.2) is 0 Å². The third kappa shape index (κ3) is 5.54. The van der Waals surface area contributed by atoms with Crippen molar-refractivity contribution in [3.63, 3.8) is 0 Å². The van der Waals surface area contributed by atoms with E-state index >= 15 is 0 Å². The molecule has 4 aromatic carbocycles. The maximum atomic E-state index is 6.82. The summed E-state index contributed by atoms with van der Waals surface area (Å²) in [5.41, 5.74) is 2.46. The molecule has 0 fully saturated rings. The Balaban J connectivity index is 0.00000338. The summed E-state index contributed by atoms with van der Waals surface area (Å²) in [5.74, 6) is 1.62. The minimum atomic E-state index is -3.21. The van der Waals surface area contributed by atoms with Crippen LogP contribution in [0.1, 0.15) is 0 Å². The molecular weight excluding hydrogens is 570 g/mol. The van der Waals surface area contributed by atoms with Gasteiger partial charge in [0, 0.05) is 46.3 Å². The van der Waals surface area contributed by atoms with Gasteiger partial charge in [-0.05, 0) is 48.5 Å². The Morgan fingerprint density at radius 2 is 0.565 bits per heavy atom. The van der Waals surface area contributed by atoms with E-state index in [1.807, 2.05) is 121 Å². The van der Waals surface area contributed by atoms with Crippen molar-refractivity contribution in [1.82, 2.24) is 19.9 Å². The molecule has 0 bridgehead atoms. The molecule has 0 atom stereocenters.